The van der Waals surface area contributed by atoms with Gasteiger partial charge in [0.25, 0.3) is 0 Å². The average molecular weight is 222 g/mol. The Morgan fingerprint density at radius 2 is 2.14 bits per heavy atom. The molecule has 84 valence electrons. The van der Waals surface area contributed by atoms with Crippen LogP contribution in [0, 0.1) is 5.41 Å². The highest BCUT2D eigenvalue weighted by atomic mass is 35.5. The number of hydrogen-bond donors (Lipinski definition) is 1. The largest absolute Gasteiger partial charge is 0.385 e. The van der Waals surface area contributed by atoms with Crippen molar-refractivity contribution in [2.45, 2.75) is 26.7 Å². The van der Waals surface area contributed by atoms with E-state index in [0.29, 0.717) is 18.8 Å². The van der Waals surface area contributed by atoms with Crippen LogP contribution in [0.5, 0.6) is 0 Å². The molecule has 0 unspecified atom stereocenters. The fraction of sp³-hybridized carbons (Fsp3) is 0.900. The third kappa shape index (κ3) is 7.15. The van der Waals surface area contributed by atoms with Gasteiger partial charge in [0.05, 0.1) is 0 Å². The quantitative estimate of drug-likeness (QED) is 0.666. The van der Waals surface area contributed by atoms with Crippen molar-refractivity contribution in [3.8, 4) is 0 Å². The van der Waals surface area contributed by atoms with E-state index in [1.807, 2.05) is 0 Å². The first-order valence-corrected chi connectivity index (χ1v) is 5.37. The van der Waals surface area contributed by atoms with Gasteiger partial charge in [0.1, 0.15) is 0 Å². The van der Waals surface area contributed by atoms with Crippen molar-refractivity contribution in [3.05, 3.63) is 0 Å². The summed E-state index contributed by atoms with van der Waals surface area (Å²) in [6, 6.07) is 0. The van der Waals surface area contributed by atoms with Gasteiger partial charge in [-0.25, -0.2) is 0 Å². The number of amides is 1. The second-order valence-corrected chi connectivity index (χ2v) is 4.50. The first-order valence-electron chi connectivity index (χ1n) is 4.83. The number of alkyl halides is 1. The molecule has 3 nitrogen and oxygen atoms in total. The molecule has 0 aromatic heterocycles. The molecular weight excluding hydrogens is 202 g/mol. The van der Waals surface area contributed by atoms with Gasteiger partial charge in [-0.15, -0.1) is 11.6 Å². The van der Waals surface area contributed by atoms with Gasteiger partial charge >= 0.3 is 0 Å². The zero-order valence-electron chi connectivity index (χ0n) is 9.23. The molecule has 0 fully saturated rings. The van der Waals surface area contributed by atoms with Crippen LogP contribution in [0.1, 0.15) is 26.7 Å². The Balaban J connectivity index is 3.68. The Morgan fingerprint density at radius 3 is 2.64 bits per heavy atom. The fourth-order valence-corrected chi connectivity index (χ4v) is 1.15. The second-order valence-electron chi connectivity index (χ2n) is 4.12. The summed E-state index contributed by atoms with van der Waals surface area (Å²) in [5.74, 6) is 0.398. The van der Waals surface area contributed by atoms with Crippen LogP contribution < -0.4 is 5.32 Å². The van der Waals surface area contributed by atoms with E-state index >= 15 is 0 Å². The van der Waals surface area contributed by atoms with E-state index < -0.39 is 0 Å². The molecule has 0 aromatic rings. The molecule has 0 saturated carbocycles. The van der Waals surface area contributed by atoms with Crippen molar-refractivity contribution >= 4 is 17.5 Å². The summed E-state index contributed by atoms with van der Waals surface area (Å²) in [7, 11) is 1.68. The SMILES string of the molecule is COCCC(C)(C)CNC(=O)CCCl. The van der Waals surface area contributed by atoms with E-state index in [0.717, 1.165) is 13.0 Å². The highest BCUT2D eigenvalue weighted by molar-refractivity contribution is 6.18. The summed E-state index contributed by atoms with van der Waals surface area (Å²) in [6.07, 6.45) is 1.33. The molecule has 0 aromatic carbocycles. The van der Waals surface area contributed by atoms with Crippen molar-refractivity contribution in [2.24, 2.45) is 5.41 Å². The van der Waals surface area contributed by atoms with E-state index in [1.54, 1.807) is 7.11 Å². The lowest BCUT2D eigenvalue weighted by Crippen LogP contribution is -2.34. The Kier molecular flexibility index (Phi) is 6.93. The lowest BCUT2D eigenvalue weighted by atomic mass is 9.90. The highest BCUT2D eigenvalue weighted by Crippen LogP contribution is 2.18. The summed E-state index contributed by atoms with van der Waals surface area (Å²) in [5, 5.41) is 2.85. The number of methoxy groups -OCH3 is 1. The number of carbonyl (C=O) groups excluding carboxylic acids is 1. The van der Waals surface area contributed by atoms with Crippen LogP contribution in [0.2, 0.25) is 0 Å². The van der Waals surface area contributed by atoms with Gasteiger partial charge in [-0.1, -0.05) is 13.8 Å². The molecule has 0 atom stereocenters. The molecule has 0 heterocycles. The summed E-state index contributed by atoms with van der Waals surface area (Å²) in [6.45, 7) is 5.60. The average Bonchev–Trinajstić information content (AvgIpc) is 2.13. The van der Waals surface area contributed by atoms with E-state index in [4.69, 9.17) is 16.3 Å². The predicted molar refractivity (Wildman–Crippen MR) is 58.6 cm³/mol. The van der Waals surface area contributed by atoms with Gasteiger partial charge in [-0.3, -0.25) is 4.79 Å². The summed E-state index contributed by atoms with van der Waals surface area (Å²) in [4.78, 5) is 11.1. The number of hydrogen-bond acceptors (Lipinski definition) is 2. The lowest BCUT2D eigenvalue weighted by molar-refractivity contribution is -0.121. The molecule has 0 aliphatic carbocycles. The maximum Gasteiger partial charge on any atom is 0.221 e. The number of nitrogens with one attached hydrogen (secondary N) is 1. The zero-order valence-corrected chi connectivity index (χ0v) is 9.99. The summed E-state index contributed by atoms with van der Waals surface area (Å²) < 4.78 is 5.00. The molecular formula is C10H20ClNO2. The van der Waals surface area contributed by atoms with Crippen molar-refractivity contribution in [1.82, 2.24) is 5.32 Å². The van der Waals surface area contributed by atoms with Crippen molar-refractivity contribution < 1.29 is 9.53 Å². The highest BCUT2D eigenvalue weighted by Gasteiger charge is 2.18. The molecule has 0 aliphatic rings. The number of rotatable bonds is 7. The predicted octanol–water partition coefficient (Wildman–Crippen LogP) is 1.79. The van der Waals surface area contributed by atoms with Crippen LogP contribution in [-0.4, -0.2) is 32.0 Å². The van der Waals surface area contributed by atoms with Crippen LogP contribution >= 0.6 is 11.6 Å². The van der Waals surface area contributed by atoms with Gasteiger partial charge < -0.3 is 10.1 Å². The van der Waals surface area contributed by atoms with E-state index in [9.17, 15) is 4.79 Å². The first kappa shape index (κ1) is 13.7. The third-order valence-corrected chi connectivity index (χ3v) is 2.26. The molecule has 0 spiro atoms. The second kappa shape index (κ2) is 7.07. The summed E-state index contributed by atoms with van der Waals surface area (Å²) >= 11 is 5.45. The first-order chi connectivity index (χ1) is 6.52. The molecule has 0 bridgehead atoms. The van der Waals surface area contributed by atoms with Crippen molar-refractivity contribution in [1.29, 1.82) is 0 Å². The minimum absolute atomic E-state index is 0.0190. The summed E-state index contributed by atoms with van der Waals surface area (Å²) in [5.41, 5.74) is 0.0813. The van der Waals surface area contributed by atoms with Crippen LogP contribution in [0.4, 0.5) is 0 Å². The maximum absolute atomic E-state index is 11.1. The smallest absolute Gasteiger partial charge is 0.221 e. The fourth-order valence-electron chi connectivity index (χ4n) is 0.979. The van der Waals surface area contributed by atoms with Crippen LogP contribution in [0.25, 0.3) is 0 Å². The van der Waals surface area contributed by atoms with Crippen molar-refractivity contribution in [3.63, 3.8) is 0 Å². The van der Waals surface area contributed by atoms with Gasteiger partial charge in [0.2, 0.25) is 5.91 Å². The lowest BCUT2D eigenvalue weighted by Gasteiger charge is -2.24. The van der Waals surface area contributed by atoms with Gasteiger partial charge in [-0.2, -0.15) is 0 Å². The normalized spacial score (nSPS) is 11.4. The minimum Gasteiger partial charge on any atom is -0.385 e. The van der Waals surface area contributed by atoms with Gasteiger partial charge in [0, 0.05) is 32.6 Å². The van der Waals surface area contributed by atoms with Crippen LogP contribution in [0.15, 0.2) is 0 Å². The molecule has 0 aliphatic heterocycles. The van der Waals surface area contributed by atoms with Gasteiger partial charge in [0.15, 0.2) is 0 Å². The van der Waals surface area contributed by atoms with Crippen LogP contribution in [-0.2, 0) is 9.53 Å². The molecule has 14 heavy (non-hydrogen) atoms. The standard InChI is InChI=1S/C10H20ClNO2/c1-10(2,5-7-14-3)8-12-9(13)4-6-11/h4-8H2,1-3H3,(H,12,13). The van der Waals surface area contributed by atoms with Crippen LogP contribution in [0.3, 0.4) is 0 Å². The number of halogens is 1. The minimum atomic E-state index is 0.0190. The van der Waals surface area contributed by atoms with E-state index in [-0.39, 0.29) is 11.3 Å². The molecule has 1 N–H and O–H groups in total. The van der Waals surface area contributed by atoms with Gasteiger partial charge in [-0.05, 0) is 11.8 Å². The molecule has 0 rings (SSSR count). The Bertz CT molecular complexity index is 172. The zero-order chi connectivity index (χ0) is 11.0. The number of carbonyl (C=O) groups is 1. The van der Waals surface area contributed by atoms with E-state index in [1.165, 1.54) is 0 Å². The monoisotopic (exact) mass is 221 g/mol. The molecule has 4 heteroatoms. The van der Waals surface area contributed by atoms with Crippen molar-refractivity contribution in [2.75, 3.05) is 26.1 Å². The Labute approximate surface area is 91.2 Å². The molecule has 0 radical (unpaired) electrons. The van der Waals surface area contributed by atoms with E-state index in [2.05, 4.69) is 19.2 Å². The Hall–Kier alpha value is -0.280. The maximum atomic E-state index is 11.1. The topological polar surface area (TPSA) is 38.3 Å². The Morgan fingerprint density at radius 1 is 1.50 bits per heavy atom. The number of ether oxygens (including phenoxy) is 1. The third-order valence-electron chi connectivity index (χ3n) is 2.07. The molecule has 1 amide bonds. The molecule has 0 saturated heterocycles.